The largest absolute Gasteiger partial charge is 0.493 e. The van der Waals surface area contributed by atoms with Crippen molar-refractivity contribution in [2.75, 3.05) is 14.2 Å². The van der Waals surface area contributed by atoms with E-state index in [1.165, 1.54) is 0 Å². The summed E-state index contributed by atoms with van der Waals surface area (Å²) in [5, 5.41) is 4.12. The molecular weight excluding hydrogens is 242 g/mol. The molecule has 0 amide bonds. The fraction of sp³-hybridized carbons (Fsp3) is 0.143. The third-order valence-electron chi connectivity index (χ3n) is 2.94. The molecule has 2 heterocycles. The van der Waals surface area contributed by atoms with E-state index in [4.69, 9.17) is 9.47 Å². The minimum Gasteiger partial charge on any atom is -0.493 e. The molecule has 0 atom stereocenters. The third-order valence-corrected chi connectivity index (χ3v) is 2.94. The Morgan fingerprint density at radius 3 is 2.63 bits per heavy atom. The summed E-state index contributed by atoms with van der Waals surface area (Å²) < 4.78 is 12.3. The van der Waals surface area contributed by atoms with Gasteiger partial charge in [-0.05, 0) is 24.3 Å². The first-order valence-corrected chi connectivity index (χ1v) is 5.84. The maximum absolute atomic E-state index is 5.30. The summed E-state index contributed by atoms with van der Waals surface area (Å²) in [7, 11) is 3.24. The number of methoxy groups -OCH3 is 2. The molecule has 0 spiro atoms. The summed E-state index contributed by atoms with van der Waals surface area (Å²) in [4.78, 5) is 4.54. The number of hydrogen-bond donors (Lipinski definition) is 0. The lowest BCUT2D eigenvalue weighted by Gasteiger charge is -2.09. The van der Waals surface area contributed by atoms with Crippen molar-refractivity contribution in [3.05, 3.63) is 42.7 Å². The van der Waals surface area contributed by atoms with Crippen LogP contribution in [0.3, 0.4) is 0 Å². The molecule has 0 saturated carbocycles. The molecule has 0 bridgehead atoms. The van der Waals surface area contributed by atoms with Crippen LogP contribution in [0.2, 0.25) is 0 Å². The Bertz CT molecular complexity index is 722. The number of hydrogen-bond acceptors (Lipinski definition) is 4. The van der Waals surface area contributed by atoms with Gasteiger partial charge in [0.2, 0.25) is 0 Å². The van der Waals surface area contributed by atoms with Crippen molar-refractivity contribution in [2.24, 2.45) is 0 Å². The lowest BCUT2D eigenvalue weighted by Crippen LogP contribution is -1.94. The van der Waals surface area contributed by atoms with Crippen LogP contribution in [-0.4, -0.2) is 28.8 Å². The number of rotatable bonds is 3. The second-order valence-electron chi connectivity index (χ2n) is 4.02. The standard InChI is InChI=1S/C14H13N3O2/c1-18-12-4-3-10(9-13(12)19-2)11-6-8-17-14(16-11)5-7-15-17/h3-9H,1-2H3. The van der Waals surface area contributed by atoms with Gasteiger partial charge < -0.3 is 9.47 Å². The molecule has 2 aromatic heterocycles. The van der Waals surface area contributed by atoms with Crippen LogP contribution >= 0.6 is 0 Å². The maximum atomic E-state index is 5.30. The molecule has 0 unspecified atom stereocenters. The first kappa shape index (κ1) is 11.5. The fourth-order valence-corrected chi connectivity index (χ4v) is 1.97. The molecule has 3 rings (SSSR count). The zero-order chi connectivity index (χ0) is 13.2. The van der Waals surface area contributed by atoms with Gasteiger partial charge in [-0.2, -0.15) is 5.10 Å². The predicted octanol–water partition coefficient (Wildman–Crippen LogP) is 2.41. The summed E-state index contributed by atoms with van der Waals surface area (Å²) in [6.45, 7) is 0. The Morgan fingerprint density at radius 2 is 1.84 bits per heavy atom. The van der Waals surface area contributed by atoms with Crippen molar-refractivity contribution in [1.82, 2.24) is 14.6 Å². The Kier molecular flexibility index (Phi) is 2.79. The lowest BCUT2D eigenvalue weighted by molar-refractivity contribution is 0.355. The monoisotopic (exact) mass is 255 g/mol. The Morgan fingerprint density at radius 1 is 1.00 bits per heavy atom. The van der Waals surface area contributed by atoms with Gasteiger partial charge in [0, 0.05) is 17.8 Å². The summed E-state index contributed by atoms with van der Waals surface area (Å²) in [5.74, 6) is 1.40. The summed E-state index contributed by atoms with van der Waals surface area (Å²) in [5.41, 5.74) is 2.66. The zero-order valence-corrected chi connectivity index (χ0v) is 10.7. The van der Waals surface area contributed by atoms with Crippen LogP contribution in [0.25, 0.3) is 16.9 Å². The lowest BCUT2D eigenvalue weighted by atomic mass is 10.1. The highest BCUT2D eigenvalue weighted by Gasteiger charge is 2.07. The van der Waals surface area contributed by atoms with Gasteiger partial charge in [0.15, 0.2) is 17.1 Å². The molecule has 5 heteroatoms. The van der Waals surface area contributed by atoms with E-state index in [0.717, 1.165) is 16.9 Å². The van der Waals surface area contributed by atoms with Gasteiger partial charge in [0.25, 0.3) is 0 Å². The topological polar surface area (TPSA) is 48.7 Å². The number of aromatic nitrogens is 3. The second-order valence-corrected chi connectivity index (χ2v) is 4.02. The summed E-state index contributed by atoms with van der Waals surface area (Å²) >= 11 is 0. The third kappa shape index (κ3) is 1.99. The SMILES string of the molecule is COc1ccc(-c2ccn3nccc3n2)cc1OC. The number of fused-ring (bicyclic) bond motifs is 1. The Balaban J connectivity index is 2.09. The van der Waals surface area contributed by atoms with Crippen molar-refractivity contribution < 1.29 is 9.47 Å². The van der Waals surface area contributed by atoms with E-state index in [9.17, 15) is 0 Å². The highest BCUT2D eigenvalue weighted by atomic mass is 16.5. The molecule has 3 aromatic rings. The van der Waals surface area contributed by atoms with E-state index >= 15 is 0 Å². The molecule has 1 aromatic carbocycles. The van der Waals surface area contributed by atoms with E-state index in [1.54, 1.807) is 24.9 Å². The van der Waals surface area contributed by atoms with Crippen LogP contribution in [0, 0.1) is 0 Å². The quantitative estimate of drug-likeness (QED) is 0.721. The predicted molar refractivity (Wildman–Crippen MR) is 71.5 cm³/mol. The van der Waals surface area contributed by atoms with Crippen molar-refractivity contribution in [3.8, 4) is 22.8 Å². The molecule has 0 fully saturated rings. The van der Waals surface area contributed by atoms with Gasteiger partial charge in [-0.1, -0.05) is 0 Å². The van der Waals surface area contributed by atoms with Crippen LogP contribution in [0.4, 0.5) is 0 Å². The van der Waals surface area contributed by atoms with E-state index in [-0.39, 0.29) is 0 Å². The number of benzene rings is 1. The van der Waals surface area contributed by atoms with E-state index in [1.807, 2.05) is 36.5 Å². The second kappa shape index (κ2) is 4.61. The van der Waals surface area contributed by atoms with Crippen LogP contribution < -0.4 is 9.47 Å². The normalized spacial score (nSPS) is 10.6. The van der Waals surface area contributed by atoms with Crippen molar-refractivity contribution in [2.45, 2.75) is 0 Å². The Hall–Kier alpha value is -2.56. The van der Waals surface area contributed by atoms with Crippen LogP contribution in [-0.2, 0) is 0 Å². The average molecular weight is 255 g/mol. The molecular formula is C14H13N3O2. The molecule has 0 saturated heterocycles. The smallest absolute Gasteiger partial charge is 0.161 e. The minimum absolute atomic E-state index is 0.690. The zero-order valence-electron chi connectivity index (χ0n) is 10.7. The molecule has 0 N–H and O–H groups in total. The van der Waals surface area contributed by atoms with Crippen LogP contribution in [0.1, 0.15) is 0 Å². The van der Waals surface area contributed by atoms with Crippen LogP contribution in [0.5, 0.6) is 11.5 Å². The molecule has 19 heavy (non-hydrogen) atoms. The molecule has 0 aliphatic carbocycles. The Labute approximate surface area is 110 Å². The van der Waals surface area contributed by atoms with Gasteiger partial charge >= 0.3 is 0 Å². The van der Waals surface area contributed by atoms with Gasteiger partial charge in [0.05, 0.1) is 26.1 Å². The first-order valence-electron chi connectivity index (χ1n) is 5.84. The molecule has 0 aliphatic rings. The summed E-state index contributed by atoms with van der Waals surface area (Å²) in [6.07, 6.45) is 3.61. The molecule has 0 radical (unpaired) electrons. The maximum Gasteiger partial charge on any atom is 0.161 e. The van der Waals surface area contributed by atoms with Crippen molar-refractivity contribution >= 4 is 5.65 Å². The van der Waals surface area contributed by atoms with E-state index in [2.05, 4.69) is 10.1 Å². The van der Waals surface area contributed by atoms with Crippen molar-refractivity contribution in [3.63, 3.8) is 0 Å². The van der Waals surface area contributed by atoms with Gasteiger partial charge in [-0.3, -0.25) is 0 Å². The van der Waals surface area contributed by atoms with E-state index in [0.29, 0.717) is 11.5 Å². The number of nitrogens with zero attached hydrogens (tertiary/aromatic N) is 3. The fourth-order valence-electron chi connectivity index (χ4n) is 1.97. The minimum atomic E-state index is 0.690. The first-order chi connectivity index (χ1) is 9.31. The summed E-state index contributed by atoms with van der Waals surface area (Å²) in [6, 6.07) is 9.52. The molecule has 96 valence electrons. The highest BCUT2D eigenvalue weighted by molar-refractivity contribution is 5.65. The van der Waals surface area contributed by atoms with Crippen molar-refractivity contribution in [1.29, 1.82) is 0 Å². The van der Waals surface area contributed by atoms with Gasteiger partial charge in [-0.15, -0.1) is 0 Å². The van der Waals surface area contributed by atoms with Gasteiger partial charge in [-0.25, -0.2) is 9.50 Å². The highest BCUT2D eigenvalue weighted by Crippen LogP contribution is 2.31. The number of ether oxygens (including phenoxy) is 2. The van der Waals surface area contributed by atoms with Crippen LogP contribution in [0.15, 0.2) is 42.7 Å². The molecule has 5 nitrogen and oxygen atoms in total. The molecule has 0 aliphatic heterocycles. The van der Waals surface area contributed by atoms with E-state index < -0.39 is 0 Å². The average Bonchev–Trinajstić information content (AvgIpc) is 2.93. The van der Waals surface area contributed by atoms with Gasteiger partial charge in [0.1, 0.15) is 0 Å².